The summed E-state index contributed by atoms with van der Waals surface area (Å²) in [6.07, 6.45) is 5.12. The van der Waals surface area contributed by atoms with E-state index < -0.39 is 0 Å². The van der Waals surface area contributed by atoms with E-state index in [4.69, 9.17) is 4.74 Å². The average Bonchev–Trinajstić information content (AvgIpc) is 2.18. The van der Waals surface area contributed by atoms with Crippen molar-refractivity contribution in [2.75, 3.05) is 6.61 Å². The molecule has 1 heteroatoms. The molecule has 1 rings (SSSR count). The first kappa shape index (κ1) is 6.40. The van der Waals surface area contributed by atoms with E-state index in [0.717, 1.165) is 18.8 Å². The molecule has 50 valence electrons. The molecule has 0 unspecified atom stereocenters. The lowest BCUT2D eigenvalue weighted by Crippen LogP contribution is -1.78. The van der Waals surface area contributed by atoms with Gasteiger partial charge >= 0.3 is 0 Å². The quantitative estimate of drug-likeness (QED) is 0.521. The summed E-state index contributed by atoms with van der Waals surface area (Å²) in [6, 6.07) is 0. The smallest absolute Gasteiger partial charge is 0.118 e. The van der Waals surface area contributed by atoms with Crippen LogP contribution in [0.25, 0.3) is 0 Å². The van der Waals surface area contributed by atoms with Crippen LogP contribution >= 0.6 is 0 Å². The van der Waals surface area contributed by atoms with Gasteiger partial charge in [0.25, 0.3) is 0 Å². The zero-order valence-corrected chi connectivity index (χ0v) is 5.98. The lowest BCUT2D eigenvalue weighted by Gasteiger charge is -1.94. The van der Waals surface area contributed by atoms with Crippen molar-refractivity contribution in [2.45, 2.75) is 20.3 Å². The summed E-state index contributed by atoms with van der Waals surface area (Å²) in [6.45, 7) is 4.98. The fourth-order valence-electron chi connectivity index (χ4n) is 0.902. The van der Waals surface area contributed by atoms with E-state index >= 15 is 0 Å². The Bertz CT molecular complexity index is 154. The van der Waals surface area contributed by atoms with E-state index in [1.807, 2.05) is 19.1 Å². The molecule has 1 nitrogen and oxygen atoms in total. The summed E-state index contributed by atoms with van der Waals surface area (Å²) < 4.78 is 5.30. The topological polar surface area (TPSA) is 9.23 Å². The highest BCUT2D eigenvalue weighted by molar-refractivity contribution is 5.21. The standard InChI is InChI=1S/C8H12O/c1-3-4-8-7(2)5-6-9-8/h3-4H,5-6H2,1-2H3. The lowest BCUT2D eigenvalue weighted by molar-refractivity contribution is 0.257. The molecule has 0 atom stereocenters. The highest BCUT2D eigenvalue weighted by Gasteiger charge is 2.07. The molecule has 9 heavy (non-hydrogen) atoms. The molecular weight excluding hydrogens is 112 g/mol. The van der Waals surface area contributed by atoms with Gasteiger partial charge < -0.3 is 4.74 Å². The van der Waals surface area contributed by atoms with Crippen LogP contribution in [0.3, 0.4) is 0 Å². The highest BCUT2D eigenvalue weighted by atomic mass is 16.5. The summed E-state index contributed by atoms with van der Waals surface area (Å²) in [4.78, 5) is 0. The zero-order chi connectivity index (χ0) is 6.69. The second kappa shape index (κ2) is 2.72. The molecule has 0 spiro atoms. The highest BCUT2D eigenvalue weighted by Crippen LogP contribution is 2.18. The molecule has 0 aromatic carbocycles. The predicted molar refractivity (Wildman–Crippen MR) is 38.1 cm³/mol. The fraction of sp³-hybridized carbons (Fsp3) is 0.500. The van der Waals surface area contributed by atoms with Gasteiger partial charge in [-0.3, -0.25) is 0 Å². The molecule has 0 fully saturated rings. The molecule has 0 aromatic rings. The van der Waals surface area contributed by atoms with Crippen LogP contribution in [0, 0.1) is 0 Å². The third-order valence-electron chi connectivity index (χ3n) is 1.47. The molecule has 0 aliphatic carbocycles. The van der Waals surface area contributed by atoms with Crippen LogP contribution in [-0.2, 0) is 4.74 Å². The second-order valence-corrected chi connectivity index (χ2v) is 2.24. The zero-order valence-electron chi connectivity index (χ0n) is 5.98. The van der Waals surface area contributed by atoms with Gasteiger partial charge in [0.15, 0.2) is 0 Å². The van der Waals surface area contributed by atoms with Crippen LogP contribution in [0.1, 0.15) is 20.3 Å². The van der Waals surface area contributed by atoms with Crippen molar-refractivity contribution in [3.63, 3.8) is 0 Å². The monoisotopic (exact) mass is 124 g/mol. The van der Waals surface area contributed by atoms with Gasteiger partial charge in [-0.25, -0.2) is 0 Å². The van der Waals surface area contributed by atoms with Gasteiger partial charge in [-0.1, -0.05) is 6.08 Å². The third-order valence-corrected chi connectivity index (χ3v) is 1.47. The maximum atomic E-state index is 5.30. The Kier molecular flexibility index (Phi) is 1.93. The van der Waals surface area contributed by atoms with E-state index in [0.29, 0.717) is 0 Å². The van der Waals surface area contributed by atoms with Crippen LogP contribution in [0.5, 0.6) is 0 Å². The van der Waals surface area contributed by atoms with Gasteiger partial charge in [-0.2, -0.15) is 0 Å². The molecule has 0 radical (unpaired) electrons. The van der Waals surface area contributed by atoms with Gasteiger partial charge in [0.1, 0.15) is 5.76 Å². The first-order valence-corrected chi connectivity index (χ1v) is 3.30. The normalized spacial score (nSPS) is 19.3. The molecule has 0 aromatic heterocycles. The summed E-state index contributed by atoms with van der Waals surface area (Å²) >= 11 is 0. The summed E-state index contributed by atoms with van der Waals surface area (Å²) in [5.74, 6) is 1.07. The Morgan fingerprint density at radius 3 is 2.78 bits per heavy atom. The van der Waals surface area contributed by atoms with Crippen molar-refractivity contribution < 1.29 is 4.74 Å². The van der Waals surface area contributed by atoms with Crippen molar-refractivity contribution in [1.29, 1.82) is 0 Å². The van der Waals surface area contributed by atoms with E-state index in [2.05, 4.69) is 6.92 Å². The Balaban J connectivity index is 2.66. The molecule has 1 heterocycles. The van der Waals surface area contributed by atoms with Gasteiger partial charge in [0, 0.05) is 6.42 Å². The fourth-order valence-corrected chi connectivity index (χ4v) is 0.902. The van der Waals surface area contributed by atoms with Crippen LogP contribution < -0.4 is 0 Å². The van der Waals surface area contributed by atoms with Crippen molar-refractivity contribution in [3.8, 4) is 0 Å². The summed E-state index contributed by atoms with van der Waals surface area (Å²) in [7, 11) is 0. The number of ether oxygens (including phenoxy) is 1. The summed E-state index contributed by atoms with van der Waals surface area (Å²) in [5.41, 5.74) is 1.37. The minimum absolute atomic E-state index is 0.867. The Labute approximate surface area is 56.0 Å². The van der Waals surface area contributed by atoms with Gasteiger partial charge in [-0.15, -0.1) is 0 Å². The maximum absolute atomic E-state index is 5.30. The largest absolute Gasteiger partial charge is 0.493 e. The number of rotatable bonds is 1. The molecule has 1 aliphatic heterocycles. The number of hydrogen-bond acceptors (Lipinski definition) is 1. The molecular formula is C8H12O. The Morgan fingerprint density at radius 2 is 2.33 bits per heavy atom. The number of hydrogen-bond donors (Lipinski definition) is 0. The number of allylic oxidation sites excluding steroid dienone is 2. The maximum Gasteiger partial charge on any atom is 0.118 e. The van der Waals surface area contributed by atoms with Gasteiger partial charge in [0.2, 0.25) is 0 Å². The molecule has 0 saturated carbocycles. The molecule has 0 amide bonds. The van der Waals surface area contributed by atoms with E-state index in [-0.39, 0.29) is 0 Å². The van der Waals surface area contributed by atoms with Crippen molar-refractivity contribution in [2.24, 2.45) is 0 Å². The predicted octanol–water partition coefficient (Wildman–Crippen LogP) is 2.26. The van der Waals surface area contributed by atoms with E-state index in [1.54, 1.807) is 0 Å². The minimum atomic E-state index is 0.867. The second-order valence-electron chi connectivity index (χ2n) is 2.24. The van der Waals surface area contributed by atoms with Crippen molar-refractivity contribution in [3.05, 3.63) is 23.5 Å². The van der Waals surface area contributed by atoms with E-state index in [9.17, 15) is 0 Å². The minimum Gasteiger partial charge on any atom is -0.493 e. The van der Waals surface area contributed by atoms with Crippen LogP contribution in [0.2, 0.25) is 0 Å². The first-order valence-electron chi connectivity index (χ1n) is 3.30. The van der Waals surface area contributed by atoms with Crippen molar-refractivity contribution >= 4 is 0 Å². The van der Waals surface area contributed by atoms with Crippen molar-refractivity contribution in [1.82, 2.24) is 0 Å². The average molecular weight is 124 g/mol. The Hall–Kier alpha value is -0.720. The van der Waals surface area contributed by atoms with Gasteiger partial charge in [-0.05, 0) is 25.5 Å². The third kappa shape index (κ3) is 1.35. The lowest BCUT2D eigenvalue weighted by atomic mass is 10.2. The van der Waals surface area contributed by atoms with Gasteiger partial charge in [0.05, 0.1) is 6.61 Å². The first-order chi connectivity index (χ1) is 4.34. The van der Waals surface area contributed by atoms with Crippen LogP contribution in [0.4, 0.5) is 0 Å². The van der Waals surface area contributed by atoms with E-state index in [1.165, 1.54) is 5.57 Å². The summed E-state index contributed by atoms with van der Waals surface area (Å²) in [5, 5.41) is 0. The molecule has 0 N–H and O–H groups in total. The Morgan fingerprint density at radius 1 is 1.56 bits per heavy atom. The molecule has 0 saturated heterocycles. The molecule has 1 aliphatic rings. The SMILES string of the molecule is CC=CC1=C(C)CCO1. The molecule has 0 bridgehead atoms. The van der Waals surface area contributed by atoms with Crippen LogP contribution in [-0.4, -0.2) is 6.61 Å². The van der Waals surface area contributed by atoms with Crippen LogP contribution in [0.15, 0.2) is 23.5 Å².